The summed E-state index contributed by atoms with van der Waals surface area (Å²) in [6.07, 6.45) is -5.38. The molecule has 2 N–H and O–H groups in total. The second-order valence-electron chi connectivity index (χ2n) is 5.52. The van der Waals surface area contributed by atoms with E-state index >= 15 is 0 Å². The number of alkyl halides is 3. The Hall–Kier alpha value is -1.06. The van der Waals surface area contributed by atoms with Crippen LogP contribution in [0.5, 0.6) is 0 Å². The van der Waals surface area contributed by atoms with Crippen molar-refractivity contribution in [1.29, 1.82) is 0 Å². The monoisotopic (exact) mass is 311 g/mol. The van der Waals surface area contributed by atoms with Gasteiger partial charge in [0.15, 0.2) is 0 Å². The lowest BCUT2D eigenvalue weighted by atomic mass is 10.1. The molecule has 0 bridgehead atoms. The number of carboxylic acid groups (broad SMARTS) is 1. The standard InChI is InChI=1S/C12H20F3N3O3/c1-8-4-16-9(6-18(8)11(19)20)5-17-2-3-21-7-10(17)12(13,14)15/h8-10,16H,2-7H2,1H3,(H,19,20). The molecular formula is C12H20F3N3O3. The molecule has 0 radical (unpaired) electrons. The molecule has 0 aromatic carbocycles. The number of halogens is 3. The van der Waals surface area contributed by atoms with Gasteiger partial charge in [0, 0.05) is 38.3 Å². The summed E-state index contributed by atoms with van der Waals surface area (Å²) in [4.78, 5) is 13.7. The van der Waals surface area contributed by atoms with Crippen LogP contribution in [0.2, 0.25) is 0 Å². The Balaban J connectivity index is 1.98. The zero-order chi connectivity index (χ0) is 15.6. The largest absolute Gasteiger partial charge is 0.465 e. The third-order valence-electron chi connectivity index (χ3n) is 3.97. The molecule has 9 heteroatoms. The molecule has 3 atom stereocenters. The summed E-state index contributed by atoms with van der Waals surface area (Å²) in [5, 5.41) is 12.2. The zero-order valence-electron chi connectivity index (χ0n) is 11.8. The van der Waals surface area contributed by atoms with Crippen molar-refractivity contribution < 1.29 is 27.8 Å². The normalized spacial score (nSPS) is 32.2. The average Bonchev–Trinajstić information content (AvgIpc) is 2.40. The number of hydrogen-bond acceptors (Lipinski definition) is 4. The first-order chi connectivity index (χ1) is 9.79. The molecule has 2 aliphatic rings. The Morgan fingerprint density at radius 1 is 1.48 bits per heavy atom. The van der Waals surface area contributed by atoms with Crippen molar-refractivity contribution in [3.05, 3.63) is 0 Å². The molecule has 2 rings (SSSR count). The van der Waals surface area contributed by atoms with E-state index in [9.17, 15) is 18.0 Å². The van der Waals surface area contributed by atoms with Gasteiger partial charge >= 0.3 is 12.3 Å². The van der Waals surface area contributed by atoms with Crippen molar-refractivity contribution in [3.63, 3.8) is 0 Å². The van der Waals surface area contributed by atoms with Crippen LogP contribution in [0.4, 0.5) is 18.0 Å². The summed E-state index contributed by atoms with van der Waals surface area (Å²) >= 11 is 0. The summed E-state index contributed by atoms with van der Waals surface area (Å²) in [6, 6.07) is -2.10. The molecular weight excluding hydrogens is 291 g/mol. The fraction of sp³-hybridized carbons (Fsp3) is 0.917. The van der Waals surface area contributed by atoms with E-state index in [4.69, 9.17) is 9.84 Å². The summed E-state index contributed by atoms with van der Waals surface area (Å²) < 4.78 is 43.8. The number of ether oxygens (including phenoxy) is 1. The average molecular weight is 311 g/mol. The highest BCUT2D eigenvalue weighted by atomic mass is 19.4. The Kier molecular flexibility index (Phi) is 4.95. The van der Waals surface area contributed by atoms with E-state index in [1.54, 1.807) is 6.92 Å². The quantitative estimate of drug-likeness (QED) is 0.781. The maximum atomic E-state index is 13.0. The SMILES string of the molecule is CC1CNC(CN2CCOCC2C(F)(F)F)CN1C(=O)O. The first kappa shape index (κ1) is 16.3. The van der Waals surface area contributed by atoms with Gasteiger partial charge in [-0.15, -0.1) is 0 Å². The molecule has 2 aliphatic heterocycles. The number of hydrogen-bond donors (Lipinski definition) is 2. The van der Waals surface area contributed by atoms with Gasteiger partial charge in [-0.2, -0.15) is 13.2 Å². The van der Waals surface area contributed by atoms with Gasteiger partial charge in [-0.05, 0) is 6.92 Å². The number of nitrogens with one attached hydrogen (secondary N) is 1. The summed E-state index contributed by atoms with van der Waals surface area (Å²) in [5.41, 5.74) is 0. The number of amides is 1. The topological polar surface area (TPSA) is 65.0 Å². The lowest BCUT2D eigenvalue weighted by Gasteiger charge is -2.42. The van der Waals surface area contributed by atoms with E-state index in [-0.39, 0.29) is 44.9 Å². The number of carbonyl (C=O) groups is 1. The summed E-state index contributed by atoms with van der Waals surface area (Å²) in [7, 11) is 0. The Bertz CT molecular complexity index is 380. The number of nitrogens with zero attached hydrogens (tertiary/aromatic N) is 2. The predicted molar refractivity (Wildman–Crippen MR) is 68.2 cm³/mol. The van der Waals surface area contributed by atoms with Crippen LogP contribution in [0.3, 0.4) is 0 Å². The molecule has 21 heavy (non-hydrogen) atoms. The molecule has 2 saturated heterocycles. The van der Waals surface area contributed by atoms with E-state index < -0.39 is 18.3 Å². The maximum Gasteiger partial charge on any atom is 0.407 e. The summed E-state index contributed by atoms with van der Waals surface area (Å²) in [6.45, 7) is 2.66. The number of piperazine rings is 1. The minimum atomic E-state index is -4.34. The van der Waals surface area contributed by atoms with Crippen molar-refractivity contribution >= 4 is 6.09 Å². The first-order valence-corrected chi connectivity index (χ1v) is 6.90. The van der Waals surface area contributed by atoms with E-state index in [1.807, 2.05) is 0 Å². The zero-order valence-corrected chi connectivity index (χ0v) is 11.8. The van der Waals surface area contributed by atoms with Crippen molar-refractivity contribution in [1.82, 2.24) is 15.1 Å². The van der Waals surface area contributed by atoms with Crippen molar-refractivity contribution in [2.24, 2.45) is 0 Å². The molecule has 2 heterocycles. The Labute approximate surface area is 120 Å². The second-order valence-corrected chi connectivity index (χ2v) is 5.52. The fourth-order valence-corrected chi connectivity index (χ4v) is 2.76. The van der Waals surface area contributed by atoms with Crippen LogP contribution < -0.4 is 5.32 Å². The summed E-state index contributed by atoms with van der Waals surface area (Å²) in [5.74, 6) is 0. The van der Waals surface area contributed by atoms with Crippen LogP contribution in [0.1, 0.15) is 6.92 Å². The maximum absolute atomic E-state index is 13.0. The van der Waals surface area contributed by atoms with Gasteiger partial charge in [-0.3, -0.25) is 4.90 Å². The van der Waals surface area contributed by atoms with E-state index in [2.05, 4.69) is 5.32 Å². The highest BCUT2D eigenvalue weighted by Gasteiger charge is 2.46. The first-order valence-electron chi connectivity index (χ1n) is 6.90. The van der Waals surface area contributed by atoms with Crippen LogP contribution in [0, 0.1) is 0 Å². The molecule has 0 saturated carbocycles. The van der Waals surface area contributed by atoms with Crippen molar-refractivity contribution in [2.75, 3.05) is 39.4 Å². The van der Waals surface area contributed by atoms with Gasteiger partial charge in [0.25, 0.3) is 0 Å². The molecule has 122 valence electrons. The molecule has 2 fully saturated rings. The molecule has 0 spiro atoms. The second kappa shape index (κ2) is 6.37. The lowest BCUT2D eigenvalue weighted by molar-refractivity contribution is -0.212. The van der Waals surface area contributed by atoms with Gasteiger partial charge in [0.05, 0.1) is 13.2 Å². The molecule has 1 amide bonds. The van der Waals surface area contributed by atoms with Crippen LogP contribution in [-0.4, -0.2) is 84.7 Å². The number of morpholine rings is 1. The number of rotatable bonds is 2. The van der Waals surface area contributed by atoms with Gasteiger partial charge in [-0.1, -0.05) is 0 Å². The van der Waals surface area contributed by atoms with Gasteiger partial charge < -0.3 is 20.1 Å². The molecule has 0 aromatic heterocycles. The highest BCUT2D eigenvalue weighted by Crippen LogP contribution is 2.27. The molecule has 3 unspecified atom stereocenters. The van der Waals surface area contributed by atoms with Crippen LogP contribution in [0.15, 0.2) is 0 Å². The van der Waals surface area contributed by atoms with Crippen LogP contribution in [0.25, 0.3) is 0 Å². The Morgan fingerprint density at radius 3 is 2.81 bits per heavy atom. The fourth-order valence-electron chi connectivity index (χ4n) is 2.76. The van der Waals surface area contributed by atoms with Gasteiger partial charge in [0.1, 0.15) is 6.04 Å². The van der Waals surface area contributed by atoms with E-state index in [0.717, 1.165) is 0 Å². The van der Waals surface area contributed by atoms with Gasteiger partial charge in [0.2, 0.25) is 0 Å². The van der Waals surface area contributed by atoms with Crippen molar-refractivity contribution in [3.8, 4) is 0 Å². The minimum absolute atomic E-state index is 0.157. The minimum Gasteiger partial charge on any atom is -0.465 e. The lowest BCUT2D eigenvalue weighted by Crippen LogP contribution is -2.63. The van der Waals surface area contributed by atoms with E-state index in [1.165, 1.54) is 9.80 Å². The molecule has 0 aromatic rings. The van der Waals surface area contributed by atoms with Crippen molar-refractivity contribution in [2.45, 2.75) is 31.2 Å². The molecule has 0 aliphatic carbocycles. The third-order valence-corrected chi connectivity index (χ3v) is 3.97. The molecule has 6 nitrogen and oxygen atoms in total. The Morgan fingerprint density at radius 2 is 2.19 bits per heavy atom. The van der Waals surface area contributed by atoms with Crippen LogP contribution >= 0.6 is 0 Å². The highest BCUT2D eigenvalue weighted by molar-refractivity contribution is 5.65. The van der Waals surface area contributed by atoms with Gasteiger partial charge in [-0.25, -0.2) is 4.79 Å². The van der Waals surface area contributed by atoms with Crippen LogP contribution in [-0.2, 0) is 4.74 Å². The third kappa shape index (κ3) is 3.98. The van der Waals surface area contributed by atoms with E-state index in [0.29, 0.717) is 6.54 Å². The smallest absolute Gasteiger partial charge is 0.407 e. The predicted octanol–water partition coefficient (Wildman–Crippen LogP) is 0.590.